The predicted molar refractivity (Wildman–Crippen MR) is 68.6 cm³/mol. The monoisotopic (exact) mass is 250 g/mol. The molecule has 0 aromatic heterocycles. The van der Waals surface area contributed by atoms with Crippen LogP contribution in [0.15, 0.2) is 24.3 Å². The van der Waals surface area contributed by atoms with E-state index in [2.05, 4.69) is 15.0 Å². The van der Waals surface area contributed by atoms with Crippen LogP contribution < -0.4 is 5.32 Å². The average Bonchev–Trinajstić information content (AvgIpc) is 2.42. The Kier molecular flexibility index (Phi) is 4.55. The second-order valence-corrected chi connectivity index (χ2v) is 4.20. The van der Waals surface area contributed by atoms with E-state index >= 15 is 0 Å². The van der Waals surface area contributed by atoms with Crippen LogP contribution in [-0.4, -0.2) is 44.4 Å². The molecule has 0 radical (unpaired) electrons. The number of nitrogens with one attached hydrogen (secondary N) is 1. The Morgan fingerprint density at radius 2 is 2.00 bits per heavy atom. The second kappa shape index (κ2) is 6.37. The maximum atomic E-state index is 11.0. The Hall–Kier alpha value is -1.59. The van der Waals surface area contributed by atoms with Crippen molar-refractivity contribution in [2.75, 3.05) is 38.7 Å². The van der Waals surface area contributed by atoms with Crippen LogP contribution in [0.25, 0.3) is 0 Å². The van der Waals surface area contributed by atoms with E-state index in [1.165, 1.54) is 12.7 Å². The van der Waals surface area contributed by atoms with Gasteiger partial charge in [-0.2, -0.15) is 0 Å². The minimum Gasteiger partial charge on any atom is -0.453 e. The van der Waals surface area contributed by atoms with E-state index in [-0.39, 0.29) is 0 Å². The first-order chi connectivity index (χ1) is 8.78. The minimum absolute atomic E-state index is 0.448. The van der Waals surface area contributed by atoms with Crippen LogP contribution in [0.1, 0.15) is 5.56 Å². The van der Waals surface area contributed by atoms with Gasteiger partial charge in [0.2, 0.25) is 0 Å². The molecule has 1 aliphatic rings. The van der Waals surface area contributed by atoms with Gasteiger partial charge < -0.3 is 9.47 Å². The Bertz CT molecular complexity index is 386. The van der Waals surface area contributed by atoms with E-state index in [4.69, 9.17) is 4.74 Å². The zero-order valence-corrected chi connectivity index (χ0v) is 10.5. The summed E-state index contributed by atoms with van der Waals surface area (Å²) in [6, 6.07) is 7.79. The predicted octanol–water partition coefficient (Wildman–Crippen LogP) is 1.70. The highest BCUT2D eigenvalue weighted by Gasteiger charge is 2.10. The number of methoxy groups -OCH3 is 1. The molecule has 1 heterocycles. The van der Waals surface area contributed by atoms with Crippen LogP contribution >= 0.6 is 0 Å². The van der Waals surface area contributed by atoms with E-state index in [1.54, 1.807) is 0 Å². The van der Waals surface area contributed by atoms with Gasteiger partial charge in [0, 0.05) is 25.3 Å². The molecule has 5 nitrogen and oxygen atoms in total. The summed E-state index contributed by atoms with van der Waals surface area (Å²) >= 11 is 0. The topological polar surface area (TPSA) is 50.8 Å². The summed E-state index contributed by atoms with van der Waals surface area (Å²) in [5, 5.41) is 2.63. The largest absolute Gasteiger partial charge is 0.453 e. The molecular weight excluding hydrogens is 232 g/mol. The van der Waals surface area contributed by atoms with Crippen molar-refractivity contribution in [1.82, 2.24) is 4.90 Å². The highest BCUT2D eigenvalue weighted by atomic mass is 16.5. The Labute approximate surface area is 107 Å². The summed E-state index contributed by atoms with van der Waals surface area (Å²) in [6.07, 6.45) is -0.448. The van der Waals surface area contributed by atoms with Crippen LogP contribution in [0.4, 0.5) is 10.5 Å². The van der Waals surface area contributed by atoms with Gasteiger partial charge in [-0.1, -0.05) is 12.1 Å². The fourth-order valence-corrected chi connectivity index (χ4v) is 1.88. The van der Waals surface area contributed by atoms with Crippen molar-refractivity contribution in [2.24, 2.45) is 0 Å². The van der Waals surface area contributed by atoms with E-state index in [0.717, 1.165) is 38.5 Å². The highest BCUT2D eigenvalue weighted by molar-refractivity contribution is 5.84. The number of amides is 1. The Morgan fingerprint density at radius 1 is 1.33 bits per heavy atom. The van der Waals surface area contributed by atoms with Crippen molar-refractivity contribution in [2.45, 2.75) is 6.54 Å². The molecule has 0 bridgehead atoms. The summed E-state index contributed by atoms with van der Waals surface area (Å²) in [4.78, 5) is 13.4. The first-order valence-electron chi connectivity index (χ1n) is 6.02. The van der Waals surface area contributed by atoms with Crippen LogP contribution in [0.3, 0.4) is 0 Å². The third kappa shape index (κ3) is 3.72. The number of morpholine rings is 1. The summed E-state index contributed by atoms with van der Waals surface area (Å²) in [7, 11) is 1.35. The number of hydrogen-bond donors (Lipinski definition) is 1. The first-order valence-corrected chi connectivity index (χ1v) is 6.02. The van der Waals surface area contributed by atoms with Crippen molar-refractivity contribution in [3.05, 3.63) is 29.8 Å². The lowest BCUT2D eigenvalue weighted by atomic mass is 10.2. The van der Waals surface area contributed by atoms with Crippen LogP contribution in [0, 0.1) is 0 Å². The third-order valence-corrected chi connectivity index (χ3v) is 2.90. The number of ether oxygens (including phenoxy) is 2. The molecule has 0 atom stereocenters. The number of hydrogen-bond acceptors (Lipinski definition) is 4. The van der Waals surface area contributed by atoms with Crippen molar-refractivity contribution in [3.8, 4) is 0 Å². The number of carbonyl (C=O) groups excluding carboxylic acids is 1. The quantitative estimate of drug-likeness (QED) is 0.887. The van der Waals surface area contributed by atoms with Crippen molar-refractivity contribution >= 4 is 11.8 Å². The molecule has 18 heavy (non-hydrogen) atoms. The molecule has 5 heteroatoms. The molecular formula is C13H18N2O3. The molecule has 0 spiro atoms. The lowest BCUT2D eigenvalue weighted by Crippen LogP contribution is -2.35. The van der Waals surface area contributed by atoms with E-state index < -0.39 is 6.09 Å². The van der Waals surface area contributed by atoms with Crippen LogP contribution in [-0.2, 0) is 16.0 Å². The maximum absolute atomic E-state index is 11.0. The van der Waals surface area contributed by atoms with Crippen molar-refractivity contribution in [3.63, 3.8) is 0 Å². The zero-order chi connectivity index (χ0) is 12.8. The summed E-state index contributed by atoms with van der Waals surface area (Å²) in [6.45, 7) is 4.48. The third-order valence-electron chi connectivity index (χ3n) is 2.90. The molecule has 1 fully saturated rings. The minimum atomic E-state index is -0.448. The summed E-state index contributed by atoms with van der Waals surface area (Å²) in [5.41, 5.74) is 1.97. The number of rotatable bonds is 3. The molecule has 1 N–H and O–H groups in total. The van der Waals surface area contributed by atoms with Gasteiger partial charge in [0.25, 0.3) is 0 Å². The molecule has 0 unspecified atom stereocenters. The molecule has 0 aliphatic carbocycles. The van der Waals surface area contributed by atoms with Gasteiger partial charge in [0.05, 0.1) is 20.3 Å². The molecule has 0 saturated carbocycles. The first kappa shape index (κ1) is 12.9. The van der Waals surface area contributed by atoms with E-state index in [1.807, 2.05) is 24.3 Å². The fraction of sp³-hybridized carbons (Fsp3) is 0.462. The van der Waals surface area contributed by atoms with Crippen LogP contribution in [0.5, 0.6) is 0 Å². The molecule has 1 saturated heterocycles. The molecule has 98 valence electrons. The number of anilines is 1. The summed E-state index contributed by atoms with van der Waals surface area (Å²) < 4.78 is 9.84. The maximum Gasteiger partial charge on any atom is 0.411 e. The molecule has 1 aromatic carbocycles. The normalized spacial score (nSPS) is 16.3. The van der Waals surface area contributed by atoms with Gasteiger partial charge in [-0.25, -0.2) is 4.79 Å². The lowest BCUT2D eigenvalue weighted by Gasteiger charge is -2.26. The van der Waals surface area contributed by atoms with Gasteiger partial charge in [-0.05, 0) is 17.7 Å². The molecule has 1 amide bonds. The SMILES string of the molecule is COC(=O)Nc1ccc(CN2CCOCC2)cc1. The van der Waals surface area contributed by atoms with Crippen molar-refractivity contribution < 1.29 is 14.3 Å². The Balaban J connectivity index is 1.88. The average molecular weight is 250 g/mol. The van der Waals surface area contributed by atoms with E-state index in [0.29, 0.717) is 0 Å². The van der Waals surface area contributed by atoms with Crippen molar-refractivity contribution in [1.29, 1.82) is 0 Å². The number of benzene rings is 1. The zero-order valence-electron chi connectivity index (χ0n) is 10.5. The van der Waals surface area contributed by atoms with Gasteiger partial charge in [0.1, 0.15) is 0 Å². The fourth-order valence-electron chi connectivity index (χ4n) is 1.88. The highest BCUT2D eigenvalue weighted by Crippen LogP contribution is 2.12. The molecule has 1 aromatic rings. The number of nitrogens with zero attached hydrogens (tertiary/aromatic N) is 1. The van der Waals surface area contributed by atoms with E-state index in [9.17, 15) is 4.79 Å². The molecule has 1 aliphatic heterocycles. The smallest absolute Gasteiger partial charge is 0.411 e. The van der Waals surface area contributed by atoms with Gasteiger partial charge in [-0.3, -0.25) is 10.2 Å². The van der Waals surface area contributed by atoms with Gasteiger partial charge in [0.15, 0.2) is 0 Å². The standard InChI is InChI=1S/C13H18N2O3/c1-17-13(16)14-12-4-2-11(3-5-12)10-15-6-8-18-9-7-15/h2-5H,6-10H2,1H3,(H,14,16). The summed E-state index contributed by atoms with van der Waals surface area (Å²) in [5.74, 6) is 0. The number of carbonyl (C=O) groups is 1. The second-order valence-electron chi connectivity index (χ2n) is 4.20. The van der Waals surface area contributed by atoms with Gasteiger partial charge >= 0.3 is 6.09 Å². The molecule has 2 rings (SSSR count). The Morgan fingerprint density at radius 3 is 2.61 bits per heavy atom. The lowest BCUT2D eigenvalue weighted by molar-refractivity contribution is 0.0342. The van der Waals surface area contributed by atoms with Gasteiger partial charge in [-0.15, -0.1) is 0 Å². The van der Waals surface area contributed by atoms with Crippen LogP contribution in [0.2, 0.25) is 0 Å².